The summed E-state index contributed by atoms with van der Waals surface area (Å²) in [5.74, 6) is -0.745. The Labute approximate surface area is 103 Å². The molecule has 1 aliphatic rings. The van der Waals surface area contributed by atoms with E-state index in [0.717, 1.165) is 22.9 Å². The van der Waals surface area contributed by atoms with Gasteiger partial charge in [0, 0.05) is 17.1 Å². The Hall–Kier alpha value is -1.48. The highest BCUT2D eigenvalue weighted by atomic mass is 35.5. The molecule has 3 nitrogen and oxygen atoms in total. The van der Waals surface area contributed by atoms with Gasteiger partial charge in [-0.25, -0.2) is 0 Å². The average Bonchev–Trinajstić information content (AvgIpc) is 2.63. The third-order valence-corrected chi connectivity index (χ3v) is 4.10. The van der Waals surface area contributed by atoms with Crippen LogP contribution in [0, 0.1) is 0 Å². The molecule has 0 spiro atoms. The second kappa shape index (κ2) is 3.50. The molecule has 1 aromatic carbocycles. The number of carboxylic acids is 1. The maximum atomic E-state index is 11.4. The molecule has 1 heterocycles. The standard InChI is InChI=1S/C13H12ClNO2/c14-10-6-8(7-11-9(10)2-5-15-11)13(12(16)17)3-1-4-13/h2,5-7,15H,1,3-4H2,(H,16,17). The van der Waals surface area contributed by atoms with Gasteiger partial charge in [-0.1, -0.05) is 18.0 Å². The lowest BCUT2D eigenvalue weighted by Gasteiger charge is -2.38. The van der Waals surface area contributed by atoms with E-state index in [1.54, 1.807) is 6.07 Å². The van der Waals surface area contributed by atoms with Gasteiger partial charge in [-0.15, -0.1) is 0 Å². The number of carbonyl (C=O) groups is 1. The van der Waals surface area contributed by atoms with E-state index in [-0.39, 0.29) is 0 Å². The smallest absolute Gasteiger partial charge is 0.314 e. The van der Waals surface area contributed by atoms with Crippen molar-refractivity contribution in [2.45, 2.75) is 24.7 Å². The molecule has 2 aromatic rings. The van der Waals surface area contributed by atoms with Crippen LogP contribution in [0.2, 0.25) is 5.02 Å². The Bertz CT molecular complexity index is 598. The van der Waals surface area contributed by atoms with E-state index in [9.17, 15) is 9.90 Å². The number of aromatic amines is 1. The van der Waals surface area contributed by atoms with Crippen LogP contribution >= 0.6 is 11.6 Å². The van der Waals surface area contributed by atoms with Crippen LogP contribution in [-0.4, -0.2) is 16.1 Å². The molecule has 2 N–H and O–H groups in total. The maximum Gasteiger partial charge on any atom is 0.314 e. The molecule has 1 fully saturated rings. The van der Waals surface area contributed by atoms with E-state index in [2.05, 4.69) is 4.98 Å². The Morgan fingerprint density at radius 3 is 2.76 bits per heavy atom. The molecule has 0 atom stereocenters. The molecule has 1 saturated carbocycles. The normalized spacial score (nSPS) is 17.9. The minimum absolute atomic E-state index is 0.617. The van der Waals surface area contributed by atoms with Crippen molar-refractivity contribution >= 4 is 28.5 Å². The van der Waals surface area contributed by atoms with Gasteiger partial charge in [-0.05, 0) is 36.6 Å². The second-order valence-electron chi connectivity index (χ2n) is 4.64. The Kier molecular flexibility index (Phi) is 2.20. The average molecular weight is 250 g/mol. The van der Waals surface area contributed by atoms with Crippen LogP contribution in [-0.2, 0) is 10.2 Å². The highest BCUT2D eigenvalue weighted by Gasteiger charge is 2.46. The van der Waals surface area contributed by atoms with Crippen LogP contribution in [0.5, 0.6) is 0 Å². The summed E-state index contributed by atoms with van der Waals surface area (Å²) >= 11 is 6.18. The van der Waals surface area contributed by atoms with Gasteiger partial charge in [0.15, 0.2) is 0 Å². The summed E-state index contributed by atoms with van der Waals surface area (Å²) in [6, 6.07) is 5.61. The first-order valence-electron chi connectivity index (χ1n) is 5.64. The molecule has 0 saturated heterocycles. The Morgan fingerprint density at radius 2 is 2.18 bits per heavy atom. The third kappa shape index (κ3) is 1.39. The minimum Gasteiger partial charge on any atom is -0.481 e. The molecule has 0 amide bonds. The molecule has 3 rings (SSSR count). The summed E-state index contributed by atoms with van der Waals surface area (Å²) in [5.41, 5.74) is 0.999. The first-order chi connectivity index (χ1) is 8.13. The number of benzene rings is 1. The molecule has 1 aromatic heterocycles. The van der Waals surface area contributed by atoms with Gasteiger partial charge in [0.05, 0.1) is 10.4 Å². The molecule has 1 aliphatic carbocycles. The third-order valence-electron chi connectivity index (χ3n) is 3.79. The monoisotopic (exact) mass is 249 g/mol. The maximum absolute atomic E-state index is 11.4. The number of H-pyrrole nitrogens is 1. The first kappa shape index (κ1) is 10.7. The van der Waals surface area contributed by atoms with E-state index < -0.39 is 11.4 Å². The first-order valence-corrected chi connectivity index (χ1v) is 6.02. The summed E-state index contributed by atoms with van der Waals surface area (Å²) in [7, 11) is 0. The molecule has 4 heteroatoms. The van der Waals surface area contributed by atoms with E-state index in [4.69, 9.17) is 11.6 Å². The summed E-state index contributed by atoms with van der Waals surface area (Å²) in [6.07, 6.45) is 4.18. The van der Waals surface area contributed by atoms with Gasteiger partial charge in [-0.3, -0.25) is 4.79 Å². The highest BCUT2D eigenvalue weighted by molar-refractivity contribution is 6.35. The Balaban J connectivity index is 2.20. The van der Waals surface area contributed by atoms with Crippen LogP contribution in [0.1, 0.15) is 24.8 Å². The zero-order valence-corrected chi connectivity index (χ0v) is 9.92. The lowest BCUT2D eigenvalue weighted by Crippen LogP contribution is -2.42. The van der Waals surface area contributed by atoms with Crippen molar-refractivity contribution in [3.05, 3.63) is 35.0 Å². The molecule has 88 valence electrons. The zero-order chi connectivity index (χ0) is 12.0. The lowest BCUT2D eigenvalue weighted by atomic mass is 9.64. The predicted octanol–water partition coefficient (Wildman–Crippen LogP) is 3.33. The quantitative estimate of drug-likeness (QED) is 0.858. The number of hydrogen-bond acceptors (Lipinski definition) is 1. The van der Waals surface area contributed by atoms with Crippen LogP contribution in [0.15, 0.2) is 24.4 Å². The topological polar surface area (TPSA) is 53.1 Å². The molecule has 17 heavy (non-hydrogen) atoms. The van der Waals surface area contributed by atoms with E-state index in [1.807, 2.05) is 18.3 Å². The van der Waals surface area contributed by atoms with Gasteiger partial charge < -0.3 is 10.1 Å². The number of nitrogens with one attached hydrogen (secondary N) is 1. The number of fused-ring (bicyclic) bond motifs is 1. The highest BCUT2D eigenvalue weighted by Crippen LogP contribution is 2.45. The van der Waals surface area contributed by atoms with Gasteiger partial charge in [0.2, 0.25) is 0 Å². The number of halogens is 1. The molecular formula is C13H12ClNO2. The van der Waals surface area contributed by atoms with Gasteiger partial charge in [0.25, 0.3) is 0 Å². The van der Waals surface area contributed by atoms with Crippen molar-refractivity contribution in [2.24, 2.45) is 0 Å². The van der Waals surface area contributed by atoms with Crippen molar-refractivity contribution in [1.82, 2.24) is 4.98 Å². The SMILES string of the molecule is O=C(O)C1(c2cc(Cl)c3cc[nH]c3c2)CCC1. The van der Waals surface area contributed by atoms with Crippen molar-refractivity contribution in [1.29, 1.82) is 0 Å². The van der Waals surface area contributed by atoms with Gasteiger partial charge >= 0.3 is 5.97 Å². The molecule has 0 bridgehead atoms. The molecule has 0 aliphatic heterocycles. The van der Waals surface area contributed by atoms with Crippen molar-refractivity contribution in [3.8, 4) is 0 Å². The van der Waals surface area contributed by atoms with Crippen LogP contribution in [0.4, 0.5) is 0 Å². The van der Waals surface area contributed by atoms with Crippen molar-refractivity contribution in [2.75, 3.05) is 0 Å². The fourth-order valence-corrected chi connectivity index (χ4v) is 2.84. The number of carboxylic acid groups (broad SMARTS) is 1. The number of aliphatic carboxylic acids is 1. The number of aromatic nitrogens is 1. The molecule has 0 unspecified atom stereocenters. The fraction of sp³-hybridized carbons (Fsp3) is 0.308. The summed E-state index contributed by atoms with van der Waals surface area (Å²) in [4.78, 5) is 14.5. The second-order valence-corrected chi connectivity index (χ2v) is 5.04. The van der Waals surface area contributed by atoms with E-state index >= 15 is 0 Å². The molecular weight excluding hydrogens is 238 g/mol. The fourth-order valence-electron chi connectivity index (χ4n) is 2.55. The van der Waals surface area contributed by atoms with Gasteiger partial charge in [-0.2, -0.15) is 0 Å². The zero-order valence-electron chi connectivity index (χ0n) is 9.16. The lowest BCUT2D eigenvalue weighted by molar-refractivity contribution is -0.147. The van der Waals surface area contributed by atoms with E-state index in [1.165, 1.54) is 0 Å². The van der Waals surface area contributed by atoms with Gasteiger partial charge in [0.1, 0.15) is 0 Å². The largest absolute Gasteiger partial charge is 0.481 e. The summed E-state index contributed by atoms with van der Waals surface area (Å²) < 4.78 is 0. The molecule has 0 radical (unpaired) electrons. The van der Waals surface area contributed by atoms with E-state index in [0.29, 0.717) is 17.9 Å². The summed E-state index contributed by atoms with van der Waals surface area (Å²) in [6.45, 7) is 0. The summed E-state index contributed by atoms with van der Waals surface area (Å²) in [5, 5.41) is 11.0. The van der Waals surface area contributed by atoms with Crippen molar-refractivity contribution < 1.29 is 9.90 Å². The van der Waals surface area contributed by atoms with Crippen LogP contribution < -0.4 is 0 Å². The Morgan fingerprint density at radius 1 is 1.41 bits per heavy atom. The van der Waals surface area contributed by atoms with Crippen molar-refractivity contribution in [3.63, 3.8) is 0 Å². The van der Waals surface area contributed by atoms with Crippen LogP contribution in [0.25, 0.3) is 10.9 Å². The number of rotatable bonds is 2. The minimum atomic E-state index is -0.745. The number of hydrogen-bond donors (Lipinski definition) is 2. The van der Waals surface area contributed by atoms with Crippen LogP contribution in [0.3, 0.4) is 0 Å². The predicted molar refractivity (Wildman–Crippen MR) is 66.5 cm³/mol.